The van der Waals surface area contributed by atoms with Crippen LogP contribution in [-0.2, 0) is 13.0 Å². The highest BCUT2D eigenvalue weighted by molar-refractivity contribution is 9.10. The van der Waals surface area contributed by atoms with Crippen LogP contribution in [0.3, 0.4) is 0 Å². The number of rotatable bonds is 8. The summed E-state index contributed by atoms with van der Waals surface area (Å²) in [7, 11) is 0. The van der Waals surface area contributed by atoms with Gasteiger partial charge in [0.25, 0.3) is 5.56 Å². The van der Waals surface area contributed by atoms with Crippen LogP contribution in [0, 0.1) is 3.95 Å². The largest absolute Gasteiger partial charge is 0.307 e. The van der Waals surface area contributed by atoms with Gasteiger partial charge in [-0.3, -0.25) is 14.2 Å². The molecule has 0 aliphatic heterocycles. The van der Waals surface area contributed by atoms with Crippen molar-refractivity contribution in [3.63, 3.8) is 0 Å². The maximum absolute atomic E-state index is 13.8. The van der Waals surface area contributed by atoms with Crippen molar-refractivity contribution in [1.82, 2.24) is 14.1 Å². The van der Waals surface area contributed by atoms with E-state index in [0.29, 0.717) is 37.3 Å². The number of aryl methyl sites for hydroxylation is 2. The number of carbonyl (C=O) groups excluding carboxylic acids is 1. The summed E-state index contributed by atoms with van der Waals surface area (Å²) in [6.45, 7) is 0.616. The molecule has 0 aliphatic carbocycles. The number of ketones is 1. The predicted octanol–water partition coefficient (Wildman–Crippen LogP) is 6.96. The topological polar surface area (TPSA) is 56.9 Å². The molecule has 180 valence electrons. The fraction of sp³-hybridized carbons (Fsp3) is 0.111. The summed E-state index contributed by atoms with van der Waals surface area (Å²) in [4.78, 5) is 31.5. The second-order valence-electron chi connectivity index (χ2n) is 8.00. The Labute approximate surface area is 229 Å². The standard InChI is InChI=1S/C27H20BrN3O2S3/c28-20-11-13-21(14-12-20)31-25(33)23-24(29-26(31)35-17-22(32)19-9-5-2-6-10-19)30(27(34)36-23)16-15-18-7-3-1-4-8-18/h1-14H,15-17H2. The number of halogens is 1. The zero-order valence-corrected chi connectivity index (χ0v) is 23.0. The van der Waals surface area contributed by atoms with E-state index in [4.69, 9.17) is 17.2 Å². The summed E-state index contributed by atoms with van der Waals surface area (Å²) in [5.74, 6) is 0.136. The maximum Gasteiger partial charge on any atom is 0.278 e. The zero-order chi connectivity index (χ0) is 25.1. The molecule has 2 aromatic heterocycles. The molecular formula is C27H20BrN3O2S3. The number of aromatic nitrogens is 3. The first-order chi connectivity index (χ1) is 17.5. The number of Topliss-reactive ketones (excluding diaryl/α,β-unsaturated/α-hetero) is 1. The van der Waals surface area contributed by atoms with Gasteiger partial charge < -0.3 is 4.57 Å². The van der Waals surface area contributed by atoms with E-state index in [0.717, 1.165) is 10.9 Å². The van der Waals surface area contributed by atoms with Crippen LogP contribution in [0.15, 0.2) is 99.4 Å². The fourth-order valence-corrected chi connectivity index (χ4v) is 6.29. The van der Waals surface area contributed by atoms with Crippen molar-refractivity contribution < 1.29 is 4.79 Å². The molecule has 0 amide bonds. The van der Waals surface area contributed by atoms with E-state index in [1.165, 1.54) is 28.7 Å². The highest BCUT2D eigenvalue weighted by atomic mass is 79.9. The Kier molecular flexibility index (Phi) is 7.62. The molecule has 0 unspecified atom stereocenters. The molecule has 5 aromatic rings. The van der Waals surface area contributed by atoms with Gasteiger partial charge in [0.05, 0.1) is 11.4 Å². The number of thiazole rings is 1. The lowest BCUT2D eigenvalue weighted by Gasteiger charge is -2.13. The Hall–Kier alpha value is -2.85. The third kappa shape index (κ3) is 5.29. The van der Waals surface area contributed by atoms with Crippen molar-refractivity contribution >= 4 is 67.4 Å². The first-order valence-electron chi connectivity index (χ1n) is 11.2. The molecule has 5 nitrogen and oxygen atoms in total. The lowest BCUT2D eigenvalue weighted by molar-refractivity contribution is 0.102. The maximum atomic E-state index is 13.8. The zero-order valence-electron chi connectivity index (χ0n) is 19.0. The fourth-order valence-electron chi connectivity index (χ4n) is 3.81. The van der Waals surface area contributed by atoms with Gasteiger partial charge in [-0.05, 0) is 48.5 Å². The average molecular weight is 595 g/mol. The summed E-state index contributed by atoms with van der Waals surface area (Å²) >= 11 is 11.6. The van der Waals surface area contributed by atoms with Crippen molar-refractivity contribution in [2.45, 2.75) is 18.1 Å². The molecule has 0 saturated carbocycles. The van der Waals surface area contributed by atoms with E-state index in [1.54, 1.807) is 16.7 Å². The SMILES string of the molecule is O=C(CSc1nc2c(sc(=S)n2CCc2ccccc2)c(=O)n1-c1ccc(Br)cc1)c1ccccc1. The monoisotopic (exact) mass is 593 g/mol. The molecular weight excluding hydrogens is 574 g/mol. The van der Waals surface area contributed by atoms with Gasteiger partial charge in [0.2, 0.25) is 0 Å². The minimum Gasteiger partial charge on any atom is -0.307 e. The number of nitrogens with zero attached hydrogens (tertiary/aromatic N) is 3. The third-order valence-corrected chi connectivity index (χ3v) is 8.53. The van der Waals surface area contributed by atoms with Crippen LogP contribution in [0.4, 0.5) is 0 Å². The number of carbonyl (C=O) groups is 1. The Morgan fingerprint density at radius 2 is 1.64 bits per heavy atom. The van der Waals surface area contributed by atoms with Crippen LogP contribution in [0.25, 0.3) is 16.0 Å². The van der Waals surface area contributed by atoms with Crippen molar-refractivity contribution in [3.05, 3.63) is 115 Å². The van der Waals surface area contributed by atoms with Crippen molar-refractivity contribution in [2.75, 3.05) is 5.75 Å². The lowest BCUT2D eigenvalue weighted by atomic mass is 10.1. The third-order valence-electron chi connectivity index (χ3n) is 5.64. The number of hydrogen-bond acceptors (Lipinski definition) is 6. The molecule has 0 fully saturated rings. The van der Waals surface area contributed by atoms with Gasteiger partial charge in [-0.25, -0.2) is 4.98 Å². The van der Waals surface area contributed by atoms with Gasteiger partial charge >= 0.3 is 0 Å². The highest BCUT2D eigenvalue weighted by Crippen LogP contribution is 2.26. The molecule has 0 radical (unpaired) electrons. The Balaban J connectivity index is 1.57. The molecule has 0 N–H and O–H groups in total. The van der Waals surface area contributed by atoms with Crippen LogP contribution in [0.1, 0.15) is 15.9 Å². The van der Waals surface area contributed by atoms with Crippen molar-refractivity contribution in [1.29, 1.82) is 0 Å². The number of thioether (sulfide) groups is 1. The molecule has 36 heavy (non-hydrogen) atoms. The average Bonchev–Trinajstić information content (AvgIpc) is 3.23. The molecule has 0 saturated heterocycles. The minimum absolute atomic E-state index is 0.0245. The number of fused-ring (bicyclic) bond motifs is 1. The first kappa shape index (κ1) is 24.8. The molecule has 2 heterocycles. The van der Waals surface area contributed by atoms with Gasteiger partial charge in [0.1, 0.15) is 4.70 Å². The van der Waals surface area contributed by atoms with Crippen LogP contribution in [0.5, 0.6) is 0 Å². The number of hydrogen-bond donors (Lipinski definition) is 0. The Morgan fingerprint density at radius 1 is 0.972 bits per heavy atom. The summed E-state index contributed by atoms with van der Waals surface area (Å²) in [6, 6.07) is 26.8. The van der Waals surface area contributed by atoms with Gasteiger partial charge in [-0.1, -0.05) is 99.7 Å². The van der Waals surface area contributed by atoms with Gasteiger partial charge in [-0.15, -0.1) is 0 Å². The van der Waals surface area contributed by atoms with Gasteiger partial charge in [-0.2, -0.15) is 0 Å². The predicted molar refractivity (Wildman–Crippen MR) is 153 cm³/mol. The van der Waals surface area contributed by atoms with Gasteiger partial charge in [0.15, 0.2) is 20.5 Å². The molecule has 5 rings (SSSR count). The second kappa shape index (κ2) is 11.0. The molecule has 0 atom stereocenters. The van der Waals surface area contributed by atoms with Crippen molar-refractivity contribution in [3.8, 4) is 5.69 Å². The van der Waals surface area contributed by atoms with E-state index in [2.05, 4.69) is 28.1 Å². The second-order valence-corrected chi connectivity index (χ2v) is 11.5. The number of benzene rings is 3. The molecule has 9 heteroatoms. The summed E-state index contributed by atoms with van der Waals surface area (Å²) < 4.78 is 5.53. The van der Waals surface area contributed by atoms with Crippen LogP contribution < -0.4 is 5.56 Å². The summed E-state index contributed by atoms with van der Waals surface area (Å²) in [5, 5.41) is 0.459. The molecule has 0 aliphatic rings. The van der Waals surface area contributed by atoms with Crippen LogP contribution in [0.2, 0.25) is 0 Å². The van der Waals surface area contributed by atoms with E-state index >= 15 is 0 Å². The lowest BCUT2D eigenvalue weighted by Crippen LogP contribution is -2.22. The minimum atomic E-state index is -0.188. The smallest absolute Gasteiger partial charge is 0.278 e. The van der Waals surface area contributed by atoms with E-state index in [-0.39, 0.29) is 17.1 Å². The Morgan fingerprint density at radius 3 is 2.33 bits per heavy atom. The van der Waals surface area contributed by atoms with Crippen LogP contribution >= 0.6 is 51.2 Å². The van der Waals surface area contributed by atoms with E-state index in [9.17, 15) is 9.59 Å². The van der Waals surface area contributed by atoms with E-state index in [1.807, 2.05) is 65.2 Å². The molecule has 0 bridgehead atoms. The molecule has 0 spiro atoms. The normalized spacial score (nSPS) is 11.1. The highest BCUT2D eigenvalue weighted by Gasteiger charge is 2.19. The Bertz CT molecular complexity index is 1640. The van der Waals surface area contributed by atoms with Crippen molar-refractivity contribution in [2.24, 2.45) is 0 Å². The van der Waals surface area contributed by atoms with E-state index < -0.39 is 0 Å². The van der Waals surface area contributed by atoms with Gasteiger partial charge in [0, 0.05) is 16.6 Å². The summed E-state index contributed by atoms with van der Waals surface area (Å²) in [5.41, 5.74) is 2.87. The summed E-state index contributed by atoms with van der Waals surface area (Å²) in [6.07, 6.45) is 0.771. The molecule has 3 aromatic carbocycles. The first-order valence-corrected chi connectivity index (χ1v) is 14.2. The quantitative estimate of drug-likeness (QED) is 0.0842. The van der Waals surface area contributed by atoms with Crippen LogP contribution in [-0.4, -0.2) is 25.7 Å².